The predicted octanol–water partition coefficient (Wildman–Crippen LogP) is 1.90. The summed E-state index contributed by atoms with van der Waals surface area (Å²) in [7, 11) is 0. The molecule has 1 saturated heterocycles. The molecule has 0 bridgehead atoms. The van der Waals surface area contributed by atoms with Crippen molar-refractivity contribution in [2.45, 2.75) is 45.4 Å². The summed E-state index contributed by atoms with van der Waals surface area (Å²) >= 11 is 0. The zero-order valence-electron chi connectivity index (χ0n) is 12.7. The van der Waals surface area contributed by atoms with Crippen molar-refractivity contribution in [2.24, 2.45) is 0 Å². The zero-order valence-corrected chi connectivity index (χ0v) is 12.7. The Morgan fingerprint density at radius 2 is 2.05 bits per heavy atom. The van der Waals surface area contributed by atoms with E-state index in [9.17, 15) is 4.79 Å². The summed E-state index contributed by atoms with van der Waals surface area (Å²) < 4.78 is 10.7. The van der Waals surface area contributed by atoms with E-state index in [1.165, 1.54) is 12.5 Å². The van der Waals surface area contributed by atoms with Crippen LogP contribution in [0.3, 0.4) is 0 Å². The van der Waals surface area contributed by atoms with Gasteiger partial charge in [-0.15, -0.1) is 0 Å². The van der Waals surface area contributed by atoms with Gasteiger partial charge in [-0.2, -0.15) is 0 Å². The number of ether oxygens (including phenoxy) is 1. The molecule has 0 unspecified atom stereocenters. The lowest BCUT2D eigenvalue weighted by Crippen LogP contribution is -2.58. The molecule has 1 amide bonds. The van der Waals surface area contributed by atoms with E-state index in [1.807, 2.05) is 0 Å². The molecule has 1 aliphatic rings. The third-order valence-electron chi connectivity index (χ3n) is 3.74. The largest absolute Gasteiger partial charge is 0.472 e. The van der Waals surface area contributed by atoms with Crippen LogP contribution in [-0.4, -0.2) is 48.2 Å². The van der Waals surface area contributed by atoms with Crippen LogP contribution >= 0.6 is 0 Å². The summed E-state index contributed by atoms with van der Waals surface area (Å²) in [6.07, 6.45) is 3.41. The molecule has 1 aromatic rings. The van der Waals surface area contributed by atoms with Crippen LogP contribution in [0, 0.1) is 0 Å². The fourth-order valence-corrected chi connectivity index (χ4v) is 2.58. The summed E-state index contributed by atoms with van der Waals surface area (Å²) in [5.74, 6) is -0.0961. The Hall–Kier alpha value is -1.33. The number of morpholine rings is 1. The number of amides is 1. The van der Waals surface area contributed by atoms with E-state index in [1.54, 1.807) is 6.07 Å². The van der Waals surface area contributed by atoms with Gasteiger partial charge in [0, 0.05) is 25.2 Å². The monoisotopic (exact) mass is 280 g/mol. The molecular formula is C15H24N2O3. The molecule has 20 heavy (non-hydrogen) atoms. The second-order valence-corrected chi connectivity index (χ2v) is 6.17. The molecular weight excluding hydrogens is 256 g/mol. The van der Waals surface area contributed by atoms with Crippen LogP contribution in [0.2, 0.25) is 0 Å². The Balaban J connectivity index is 1.91. The fourth-order valence-electron chi connectivity index (χ4n) is 2.58. The van der Waals surface area contributed by atoms with E-state index in [4.69, 9.17) is 9.15 Å². The van der Waals surface area contributed by atoms with E-state index in [0.717, 1.165) is 13.1 Å². The highest BCUT2D eigenvalue weighted by Gasteiger charge is 2.33. The summed E-state index contributed by atoms with van der Waals surface area (Å²) in [5, 5.41) is 2.97. The smallest absolute Gasteiger partial charge is 0.254 e. The zero-order chi connectivity index (χ0) is 14.8. The average molecular weight is 280 g/mol. The van der Waals surface area contributed by atoms with Crippen LogP contribution in [-0.2, 0) is 4.74 Å². The lowest BCUT2D eigenvalue weighted by molar-refractivity contribution is -0.0948. The molecule has 1 fully saturated rings. The standard InChI is InChI=1S/C15H24N2O3/c1-11-7-17(8-12(2)20-11)15(3,4)10-16-14(18)13-5-6-19-9-13/h5-6,9,11-12H,7-8,10H2,1-4H3,(H,16,18)/t11-,12-/m0/s1. The molecule has 0 spiro atoms. The Labute approximate surface area is 120 Å². The van der Waals surface area contributed by atoms with Crippen molar-refractivity contribution >= 4 is 5.91 Å². The van der Waals surface area contributed by atoms with Crippen LogP contribution in [0.1, 0.15) is 38.1 Å². The first-order valence-electron chi connectivity index (χ1n) is 7.09. The average Bonchev–Trinajstić information content (AvgIpc) is 2.88. The number of nitrogens with zero attached hydrogens (tertiary/aromatic N) is 1. The van der Waals surface area contributed by atoms with Gasteiger partial charge in [-0.1, -0.05) is 0 Å². The van der Waals surface area contributed by atoms with Gasteiger partial charge in [-0.3, -0.25) is 9.69 Å². The molecule has 2 heterocycles. The van der Waals surface area contributed by atoms with Gasteiger partial charge in [-0.25, -0.2) is 0 Å². The first-order chi connectivity index (χ1) is 9.38. The van der Waals surface area contributed by atoms with Crippen LogP contribution in [0.5, 0.6) is 0 Å². The van der Waals surface area contributed by atoms with E-state index in [2.05, 4.69) is 37.9 Å². The minimum absolute atomic E-state index is 0.0961. The number of carbonyl (C=O) groups excluding carboxylic acids is 1. The van der Waals surface area contributed by atoms with Gasteiger partial charge >= 0.3 is 0 Å². The highest BCUT2D eigenvalue weighted by Crippen LogP contribution is 2.20. The third-order valence-corrected chi connectivity index (χ3v) is 3.74. The van der Waals surface area contributed by atoms with Crippen LogP contribution < -0.4 is 5.32 Å². The second-order valence-electron chi connectivity index (χ2n) is 6.17. The number of carbonyl (C=O) groups is 1. The van der Waals surface area contributed by atoms with Crippen molar-refractivity contribution < 1.29 is 13.9 Å². The molecule has 2 atom stereocenters. The number of rotatable bonds is 4. The van der Waals surface area contributed by atoms with Crippen molar-refractivity contribution in [3.8, 4) is 0 Å². The number of furan rings is 1. The maximum atomic E-state index is 11.9. The molecule has 5 nitrogen and oxygen atoms in total. The fraction of sp³-hybridized carbons (Fsp3) is 0.667. The molecule has 0 aromatic carbocycles. The Bertz CT molecular complexity index is 432. The quantitative estimate of drug-likeness (QED) is 0.915. The van der Waals surface area contributed by atoms with Gasteiger partial charge in [0.25, 0.3) is 5.91 Å². The van der Waals surface area contributed by atoms with Gasteiger partial charge < -0.3 is 14.5 Å². The molecule has 1 aromatic heterocycles. The highest BCUT2D eigenvalue weighted by molar-refractivity contribution is 5.93. The van der Waals surface area contributed by atoms with Crippen molar-refractivity contribution in [1.82, 2.24) is 10.2 Å². The molecule has 0 aliphatic carbocycles. The van der Waals surface area contributed by atoms with Gasteiger partial charge in [0.2, 0.25) is 0 Å². The van der Waals surface area contributed by atoms with Gasteiger partial charge in [0.05, 0.1) is 24.0 Å². The molecule has 1 aliphatic heterocycles. The van der Waals surface area contributed by atoms with Crippen molar-refractivity contribution in [3.63, 3.8) is 0 Å². The summed E-state index contributed by atoms with van der Waals surface area (Å²) in [5.41, 5.74) is 0.454. The third kappa shape index (κ3) is 3.61. The molecule has 5 heteroatoms. The topological polar surface area (TPSA) is 54.7 Å². The van der Waals surface area contributed by atoms with E-state index in [-0.39, 0.29) is 23.7 Å². The van der Waals surface area contributed by atoms with Crippen LogP contribution in [0.15, 0.2) is 23.0 Å². The van der Waals surface area contributed by atoms with E-state index < -0.39 is 0 Å². The molecule has 0 saturated carbocycles. The first kappa shape index (κ1) is 15.1. The first-order valence-corrected chi connectivity index (χ1v) is 7.09. The lowest BCUT2D eigenvalue weighted by Gasteiger charge is -2.45. The minimum atomic E-state index is -0.105. The second kappa shape index (κ2) is 5.97. The number of nitrogens with one attached hydrogen (secondary N) is 1. The number of hydrogen-bond acceptors (Lipinski definition) is 4. The molecule has 1 N–H and O–H groups in total. The van der Waals surface area contributed by atoms with Gasteiger partial charge in [-0.05, 0) is 33.8 Å². The Kier molecular flexibility index (Phi) is 4.50. The normalized spacial score (nSPS) is 24.6. The predicted molar refractivity (Wildman–Crippen MR) is 76.7 cm³/mol. The Morgan fingerprint density at radius 1 is 1.40 bits per heavy atom. The van der Waals surface area contributed by atoms with Gasteiger partial charge in [0.15, 0.2) is 0 Å². The van der Waals surface area contributed by atoms with Crippen LogP contribution in [0.25, 0.3) is 0 Å². The Morgan fingerprint density at radius 3 is 2.60 bits per heavy atom. The lowest BCUT2D eigenvalue weighted by atomic mass is 10.00. The molecule has 0 radical (unpaired) electrons. The van der Waals surface area contributed by atoms with Crippen molar-refractivity contribution in [2.75, 3.05) is 19.6 Å². The highest BCUT2D eigenvalue weighted by atomic mass is 16.5. The van der Waals surface area contributed by atoms with E-state index in [0.29, 0.717) is 12.1 Å². The SMILES string of the molecule is C[C@H]1CN(C(C)(C)CNC(=O)c2ccoc2)C[C@H](C)O1. The van der Waals surface area contributed by atoms with Crippen molar-refractivity contribution in [1.29, 1.82) is 0 Å². The summed E-state index contributed by atoms with van der Waals surface area (Å²) in [6.45, 7) is 10.8. The minimum Gasteiger partial charge on any atom is -0.472 e. The van der Waals surface area contributed by atoms with Crippen LogP contribution in [0.4, 0.5) is 0 Å². The maximum absolute atomic E-state index is 11.9. The van der Waals surface area contributed by atoms with Gasteiger partial charge in [0.1, 0.15) is 6.26 Å². The molecule has 112 valence electrons. The summed E-state index contributed by atoms with van der Waals surface area (Å²) in [6, 6.07) is 1.67. The molecule has 2 rings (SSSR count). The summed E-state index contributed by atoms with van der Waals surface area (Å²) in [4.78, 5) is 14.3. The maximum Gasteiger partial charge on any atom is 0.254 e. The van der Waals surface area contributed by atoms with E-state index >= 15 is 0 Å². The number of hydrogen-bond donors (Lipinski definition) is 1. The van der Waals surface area contributed by atoms with Crippen molar-refractivity contribution in [3.05, 3.63) is 24.2 Å².